The number of nitrogens with zero attached hydrogens (tertiary/aromatic N) is 1. The van der Waals surface area contributed by atoms with E-state index in [-0.39, 0.29) is 11.5 Å². The van der Waals surface area contributed by atoms with Crippen LogP contribution < -0.4 is 10.9 Å². The van der Waals surface area contributed by atoms with Crippen LogP contribution >= 0.6 is 11.8 Å². The third-order valence-corrected chi connectivity index (χ3v) is 3.68. The van der Waals surface area contributed by atoms with E-state index in [1.54, 1.807) is 0 Å². The molecule has 0 bridgehead atoms. The van der Waals surface area contributed by atoms with Crippen molar-refractivity contribution < 1.29 is 4.79 Å². The van der Waals surface area contributed by atoms with Crippen LogP contribution in [0.3, 0.4) is 0 Å². The van der Waals surface area contributed by atoms with Gasteiger partial charge in [0, 0.05) is 24.2 Å². The third-order valence-electron chi connectivity index (χ3n) is 3.10. The molecule has 0 saturated carbocycles. The predicted molar refractivity (Wildman–Crippen MR) is 82.2 cm³/mol. The van der Waals surface area contributed by atoms with Crippen molar-refractivity contribution in [1.82, 2.24) is 15.3 Å². The summed E-state index contributed by atoms with van der Waals surface area (Å²) in [4.78, 5) is 30.6. The lowest BCUT2D eigenvalue weighted by molar-refractivity contribution is -0.121. The highest BCUT2D eigenvalue weighted by atomic mass is 32.2. The molecule has 0 aliphatic rings. The Morgan fingerprint density at radius 2 is 2.15 bits per heavy atom. The van der Waals surface area contributed by atoms with Crippen LogP contribution in [0.25, 0.3) is 0 Å². The van der Waals surface area contributed by atoms with Crippen molar-refractivity contribution in [2.45, 2.75) is 51.1 Å². The van der Waals surface area contributed by atoms with Crippen molar-refractivity contribution in [2.24, 2.45) is 0 Å². The molecule has 2 N–H and O–H groups in total. The zero-order valence-electron chi connectivity index (χ0n) is 12.4. The highest BCUT2D eigenvalue weighted by Crippen LogP contribution is 2.09. The number of carbonyl (C=O) groups is 1. The SMILES string of the molecule is CCCCCNC(=O)CCc1c(C)nc(SC)[nH]c1=O. The van der Waals surface area contributed by atoms with Gasteiger partial charge >= 0.3 is 0 Å². The molecule has 6 heteroatoms. The highest BCUT2D eigenvalue weighted by Gasteiger charge is 2.10. The standard InChI is InChI=1S/C14H23N3O2S/c1-4-5-6-9-15-12(18)8-7-11-10(2)16-14(20-3)17-13(11)19/h4-9H2,1-3H3,(H,15,18)(H,16,17,19). The van der Waals surface area contributed by atoms with Gasteiger partial charge in [-0.25, -0.2) is 4.98 Å². The van der Waals surface area contributed by atoms with E-state index in [0.29, 0.717) is 35.8 Å². The first-order valence-electron chi connectivity index (χ1n) is 6.99. The maximum absolute atomic E-state index is 11.9. The predicted octanol–water partition coefficient (Wildman–Crippen LogP) is 2.04. The number of aryl methyl sites for hydroxylation is 1. The number of unbranched alkanes of at least 4 members (excludes halogenated alkanes) is 2. The summed E-state index contributed by atoms with van der Waals surface area (Å²) in [7, 11) is 0. The van der Waals surface area contributed by atoms with Crippen LogP contribution in [0.4, 0.5) is 0 Å². The van der Waals surface area contributed by atoms with Crippen LogP contribution in [0.15, 0.2) is 9.95 Å². The summed E-state index contributed by atoms with van der Waals surface area (Å²) in [6.07, 6.45) is 5.89. The Hall–Kier alpha value is -1.30. The molecule has 1 heterocycles. The number of amides is 1. The maximum Gasteiger partial charge on any atom is 0.254 e. The van der Waals surface area contributed by atoms with Gasteiger partial charge in [-0.2, -0.15) is 0 Å². The van der Waals surface area contributed by atoms with Crippen molar-refractivity contribution >= 4 is 17.7 Å². The Kier molecular flexibility index (Phi) is 7.36. The molecule has 0 spiro atoms. The number of thioether (sulfide) groups is 1. The quantitative estimate of drug-likeness (QED) is 0.437. The molecule has 1 aromatic heterocycles. The summed E-state index contributed by atoms with van der Waals surface area (Å²) < 4.78 is 0. The van der Waals surface area contributed by atoms with Crippen molar-refractivity contribution in [2.75, 3.05) is 12.8 Å². The average Bonchev–Trinajstić information content (AvgIpc) is 2.42. The van der Waals surface area contributed by atoms with Gasteiger partial charge < -0.3 is 10.3 Å². The van der Waals surface area contributed by atoms with Gasteiger partial charge in [-0.1, -0.05) is 31.5 Å². The molecule has 0 aliphatic heterocycles. The molecule has 1 rings (SSSR count). The lowest BCUT2D eigenvalue weighted by atomic mass is 10.1. The first kappa shape index (κ1) is 16.8. The largest absolute Gasteiger partial charge is 0.356 e. The Morgan fingerprint density at radius 3 is 2.75 bits per heavy atom. The summed E-state index contributed by atoms with van der Waals surface area (Å²) in [5.74, 6) is -0.00570. The Labute approximate surface area is 124 Å². The molecule has 0 aliphatic carbocycles. The lowest BCUT2D eigenvalue weighted by Gasteiger charge is -2.07. The number of hydrogen-bond acceptors (Lipinski definition) is 4. The molecule has 0 saturated heterocycles. The van der Waals surface area contributed by atoms with E-state index < -0.39 is 0 Å². The normalized spacial score (nSPS) is 10.6. The van der Waals surface area contributed by atoms with Crippen molar-refractivity contribution in [3.63, 3.8) is 0 Å². The Bertz CT molecular complexity index is 500. The Morgan fingerprint density at radius 1 is 1.40 bits per heavy atom. The molecule has 1 aromatic rings. The minimum atomic E-state index is -0.138. The topological polar surface area (TPSA) is 74.8 Å². The van der Waals surface area contributed by atoms with E-state index in [4.69, 9.17) is 0 Å². The molecule has 0 atom stereocenters. The minimum Gasteiger partial charge on any atom is -0.356 e. The number of carbonyl (C=O) groups excluding carboxylic acids is 1. The van der Waals surface area contributed by atoms with Gasteiger partial charge in [-0.15, -0.1) is 0 Å². The van der Waals surface area contributed by atoms with Crippen LogP contribution in [0.1, 0.15) is 43.9 Å². The van der Waals surface area contributed by atoms with E-state index in [0.717, 1.165) is 19.3 Å². The minimum absolute atomic E-state index is 0.00570. The van der Waals surface area contributed by atoms with E-state index >= 15 is 0 Å². The van der Waals surface area contributed by atoms with E-state index in [1.165, 1.54) is 11.8 Å². The summed E-state index contributed by atoms with van der Waals surface area (Å²) in [6, 6.07) is 0. The number of rotatable bonds is 8. The smallest absolute Gasteiger partial charge is 0.254 e. The van der Waals surface area contributed by atoms with Crippen molar-refractivity contribution in [3.8, 4) is 0 Å². The fourth-order valence-corrected chi connectivity index (χ4v) is 2.33. The first-order chi connectivity index (χ1) is 9.58. The van der Waals surface area contributed by atoms with Gasteiger partial charge in [-0.05, 0) is 26.0 Å². The van der Waals surface area contributed by atoms with Gasteiger partial charge in [0.1, 0.15) is 0 Å². The number of aromatic amines is 1. The van der Waals surface area contributed by atoms with Gasteiger partial charge in [0.05, 0.1) is 0 Å². The molecular formula is C14H23N3O2S. The summed E-state index contributed by atoms with van der Waals surface area (Å²) >= 11 is 1.40. The van der Waals surface area contributed by atoms with Gasteiger partial charge in [0.15, 0.2) is 5.16 Å². The fourth-order valence-electron chi connectivity index (χ4n) is 1.91. The molecule has 5 nitrogen and oxygen atoms in total. The van der Waals surface area contributed by atoms with Crippen LogP contribution in [0.5, 0.6) is 0 Å². The zero-order chi connectivity index (χ0) is 15.0. The summed E-state index contributed by atoms with van der Waals surface area (Å²) in [5, 5.41) is 3.48. The first-order valence-corrected chi connectivity index (χ1v) is 8.21. The highest BCUT2D eigenvalue weighted by molar-refractivity contribution is 7.98. The second kappa shape index (κ2) is 8.79. The Balaban J connectivity index is 2.49. The van der Waals surface area contributed by atoms with Crippen LogP contribution in [-0.2, 0) is 11.2 Å². The lowest BCUT2D eigenvalue weighted by Crippen LogP contribution is -2.26. The van der Waals surface area contributed by atoms with Crippen molar-refractivity contribution in [1.29, 1.82) is 0 Å². The fraction of sp³-hybridized carbons (Fsp3) is 0.643. The second-order valence-electron chi connectivity index (χ2n) is 4.70. The van der Waals surface area contributed by atoms with Crippen LogP contribution in [0, 0.1) is 6.92 Å². The van der Waals surface area contributed by atoms with E-state index in [2.05, 4.69) is 22.2 Å². The number of hydrogen-bond donors (Lipinski definition) is 2. The second-order valence-corrected chi connectivity index (χ2v) is 5.49. The molecule has 0 fully saturated rings. The van der Waals surface area contributed by atoms with Gasteiger partial charge in [0.2, 0.25) is 5.91 Å². The zero-order valence-corrected chi connectivity index (χ0v) is 13.2. The molecule has 0 aromatic carbocycles. The number of aromatic nitrogens is 2. The maximum atomic E-state index is 11.9. The molecule has 0 unspecified atom stereocenters. The average molecular weight is 297 g/mol. The molecule has 0 radical (unpaired) electrons. The summed E-state index contributed by atoms with van der Waals surface area (Å²) in [6.45, 7) is 4.65. The number of H-pyrrole nitrogens is 1. The monoisotopic (exact) mass is 297 g/mol. The van der Waals surface area contributed by atoms with Crippen LogP contribution in [0.2, 0.25) is 0 Å². The molecular weight excluding hydrogens is 274 g/mol. The van der Waals surface area contributed by atoms with Crippen LogP contribution in [-0.4, -0.2) is 28.7 Å². The number of nitrogens with one attached hydrogen (secondary N) is 2. The van der Waals surface area contributed by atoms with Crippen molar-refractivity contribution in [3.05, 3.63) is 21.6 Å². The van der Waals surface area contributed by atoms with E-state index in [9.17, 15) is 9.59 Å². The van der Waals surface area contributed by atoms with Gasteiger partial charge in [-0.3, -0.25) is 9.59 Å². The summed E-state index contributed by atoms with van der Waals surface area (Å²) in [5.41, 5.74) is 1.17. The third kappa shape index (κ3) is 5.36. The van der Waals surface area contributed by atoms with Gasteiger partial charge in [0.25, 0.3) is 5.56 Å². The molecule has 112 valence electrons. The van der Waals surface area contributed by atoms with E-state index in [1.807, 2.05) is 13.2 Å². The molecule has 20 heavy (non-hydrogen) atoms. The molecule has 1 amide bonds.